The van der Waals surface area contributed by atoms with E-state index in [2.05, 4.69) is 17.4 Å². The van der Waals surface area contributed by atoms with E-state index in [1.165, 1.54) is 0 Å². The summed E-state index contributed by atoms with van der Waals surface area (Å²) in [6, 6.07) is 22.7. The van der Waals surface area contributed by atoms with Gasteiger partial charge in [-0.15, -0.1) is 0 Å². The zero-order valence-corrected chi connectivity index (χ0v) is 23.4. The minimum absolute atomic E-state index is 0.0425. The smallest absolute Gasteiger partial charge is 0.268 e. The van der Waals surface area contributed by atoms with Gasteiger partial charge in [0, 0.05) is 16.0 Å². The molecule has 1 fully saturated rings. The third-order valence-electron chi connectivity index (χ3n) is 7.31. The van der Waals surface area contributed by atoms with Crippen molar-refractivity contribution >= 4 is 52.1 Å². The Bertz CT molecular complexity index is 1300. The quantitative estimate of drug-likeness (QED) is 0.315. The molecular weight excluding hydrogens is 541 g/mol. The van der Waals surface area contributed by atoms with Crippen LogP contribution in [0.2, 0.25) is 15.1 Å². The van der Waals surface area contributed by atoms with Gasteiger partial charge in [0.25, 0.3) is 5.91 Å². The van der Waals surface area contributed by atoms with Crippen LogP contribution in [0.1, 0.15) is 49.8 Å². The van der Waals surface area contributed by atoms with E-state index in [4.69, 9.17) is 44.6 Å². The number of ether oxygens (including phenoxy) is 1. The van der Waals surface area contributed by atoms with Gasteiger partial charge >= 0.3 is 0 Å². The van der Waals surface area contributed by atoms with Crippen LogP contribution in [0.25, 0.3) is 0 Å². The maximum absolute atomic E-state index is 13.7. The second-order valence-corrected chi connectivity index (χ2v) is 11.2. The van der Waals surface area contributed by atoms with Gasteiger partial charge in [-0.3, -0.25) is 9.80 Å². The summed E-state index contributed by atoms with van der Waals surface area (Å²) >= 11 is 18.9. The molecule has 0 saturated heterocycles. The van der Waals surface area contributed by atoms with Crippen LogP contribution in [0.3, 0.4) is 0 Å². The number of amides is 1. The second kappa shape index (κ2) is 12.1. The van der Waals surface area contributed by atoms with Gasteiger partial charge in [-0.2, -0.15) is 5.10 Å². The molecule has 198 valence electrons. The van der Waals surface area contributed by atoms with Gasteiger partial charge < -0.3 is 10.1 Å². The molecule has 1 heterocycles. The van der Waals surface area contributed by atoms with Gasteiger partial charge in [0.05, 0.1) is 35.5 Å². The van der Waals surface area contributed by atoms with Crippen LogP contribution in [-0.4, -0.2) is 23.8 Å². The average molecular weight is 571 g/mol. The Morgan fingerprint density at radius 2 is 1.68 bits per heavy atom. The second-order valence-electron chi connectivity index (χ2n) is 9.91. The van der Waals surface area contributed by atoms with Gasteiger partial charge in [0.15, 0.2) is 0 Å². The van der Waals surface area contributed by atoms with Crippen LogP contribution in [-0.2, 0) is 16.1 Å². The molecule has 3 aromatic rings. The summed E-state index contributed by atoms with van der Waals surface area (Å²) in [7, 11) is 0. The molecule has 1 aliphatic heterocycles. The number of anilines is 1. The standard InChI is InChI=1S/C30H30Cl3N3O2/c1-19-28(30(37)34-25-9-5-6-10-27(25)38-18-20-7-3-2-4-8-20)35-36(26-16-15-23(32)17-24(26)33)29(19)21-11-13-22(31)14-12-21/h2-4,7-8,11-17,19,25,27,29H,5-6,9-10,18H2,1H3,(H,34,37)/t19?,25-,27+,29?/m0/s1. The normalized spacial score (nSPS) is 23.3. The van der Waals surface area contributed by atoms with E-state index in [0.717, 1.165) is 36.8 Å². The van der Waals surface area contributed by atoms with Crippen molar-refractivity contribution in [1.29, 1.82) is 0 Å². The van der Waals surface area contributed by atoms with E-state index in [1.54, 1.807) is 12.1 Å². The first-order chi connectivity index (χ1) is 18.4. The van der Waals surface area contributed by atoms with Crippen LogP contribution in [0.15, 0.2) is 77.9 Å². The highest BCUT2D eigenvalue weighted by Crippen LogP contribution is 2.42. The number of nitrogens with one attached hydrogen (secondary N) is 1. The highest BCUT2D eigenvalue weighted by molar-refractivity contribution is 6.41. The summed E-state index contributed by atoms with van der Waals surface area (Å²) in [6.45, 7) is 2.54. The van der Waals surface area contributed by atoms with Gasteiger partial charge in [0.1, 0.15) is 5.71 Å². The van der Waals surface area contributed by atoms with Crippen molar-refractivity contribution in [3.05, 3.63) is 99.0 Å². The molecule has 38 heavy (non-hydrogen) atoms. The van der Waals surface area contributed by atoms with Crippen LogP contribution in [0.5, 0.6) is 0 Å². The number of carbonyl (C=O) groups excluding carboxylic acids is 1. The molecule has 2 aliphatic rings. The Hall–Kier alpha value is -2.57. The largest absolute Gasteiger partial charge is 0.371 e. The molecule has 5 nitrogen and oxygen atoms in total. The summed E-state index contributed by atoms with van der Waals surface area (Å²) in [6.07, 6.45) is 3.89. The molecule has 2 unspecified atom stereocenters. The van der Waals surface area contributed by atoms with Crippen molar-refractivity contribution in [2.24, 2.45) is 11.0 Å². The molecule has 0 radical (unpaired) electrons. The third-order valence-corrected chi connectivity index (χ3v) is 8.10. The molecule has 0 bridgehead atoms. The lowest BCUT2D eigenvalue weighted by molar-refractivity contribution is -0.117. The Labute approximate surface area is 238 Å². The number of nitrogens with zero attached hydrogens (tertiary/aromatic N) is 2. The van der Waals surface area contributed by atoms with Crippen LogP contribution in [0, 0.1) is 5.92 Å². The maximum Gasteiger partial charge on any atom is 0.268 e. The summed E-state index contributed by atoms with van der Waals surface area (Å²) in [5.41, 5.74) is 3.26. The SMILES string of the molecule is CC1C(C(=O)N[C@H]2CCCC[C@H]2OCc2ccccc2)=NN(c2ccc(Cl)cc2Cl)C1c1ccc(Cl)cc1. The molecule has 8 heteroatoms. The van der Waals surface area contributed by atoms with Crippen LogP contribution < -0.4 is 10.3 Å². The fraction of sp³-hybridized carbons (Fsp3) is 0.333. The fourth-order valence-corrected chi connectivity index (χ4v) is 5.95. The van der Waals surface area contributed by atoms with Crippen LogP contribution in [0.4, 0.5) is 5.69 Å². The molecule has 1 N–H and O–H groups in total. The van der Waals surface area contributed by atoms with Crippen molar-refractivity contribution in [2.75, 3.05) is 5.01 Å². The van der Waals surface area contributed by atoms with Crippen molar-refractivity contribution < 1.29 is 9.53 Å². The first-order valence-electron chi connectivity index (χ1n) is 13.0. The van der Waals surface area contributed by atoms with Gasteiger partial charge in [-0.05, 0) is 54.3 Å². The zero-order chi connectivity index (χ0) is 26.6. The Morgan fingerprint density at radius 1 is 0.974 bits per heavy atom. The predicted molar refractivity (Wildman–Crippen MR) is 155 cm³/mol. The Morgan fingerprint density at radius 3 is 2.42 bits per heavy atom. The monoisotopic (exact) mass is 569 g/mol. The molecule has 1 amide bonds. The van der Waals surface area contributed by atoms with Gasteiger partial charge in [0.2, 0.25) is 0 Å². The topological polar surface area (TPSA) is 53.9 Å². The molecule has 1 aliphatic carbocycles. The van der Waals surface area contributed by atoms with E-state index >= 15 is 0 Å². The molecule has 5 rings (SSSR count). The van der Waals surface area contributed by atoms with E-state index in [1.807, 2.05) is 60.5 Å². The van der Waals surface area contributed by atoms with Crippen molar-refractivity contribution in [3.8, 4) is 0 Å². The van der Waals surface area contributed by atoms with E-state index in [-0.39, 0.29) is 30.0 Å². The maximum atomic E-state index is 13.7. The predicted octanol–water partition coefficient (Wildman–Crippen LogP) is 7.84. The van der Waals surface area contributed by atoms with Crippen molar-refractivity contribution in [1.82, 2.24) is 5.32 Å². The third kappa shape index (κ3) is 6.02. The summed E-state index contributed by atoms with van der Waals surface area (Å²) in [4.78, 5) is 13.7. The number of hydrogen-bond acceptors (Lipinski definition) is 4. The summed E-state index contributed by atoms with van der Waals surface area (Å²) in [5, 5.41) is 11.6. The zero-order valence-electron chi connectivity index (χ0n) is 21.1. The molecular formula is C30H30Cl3N3O2. The first-order valence-corrected chi connectivity index (χ1v) is 14.1. The highest BCUT2D eigenvalue weighted by atomic mass is 35.5. The Kier molecular flexibility index (Phi) is 8.59. The fourth-order valence-electron chi connectivity index (χ4n) is 5.32. The van der Waals surface area contributed by atoms with Crippen molar-refractivity contribution in [3.63, 3.8) is 0 Å². The molecule has 4 atom stereocenters. The lowest BCUT2D eigenvalue weighted by atomic mass is 9.89. The molecule has 3 aromatic carbocycles. The number of halogens is 3. The van der Waals surface area contributed by atoms with Crippen LogP contribution >= 0.6 is 34.8 Å². The van der Waals surface area contributed by atoms with Crippen molar-refractivity contribution in [2.45, 2.75) is 57.4 Å². The van der Waals surface area contributed by atoms with E-state index in [0.29, 0.717) is 33.1 Å². The van der Waals surface area contributed by atoms with E-state index in [9.17, 15) is 4.79 Å². The number of hydrazone groups is 1. The Balaban J connectivity index is 1.38. The minimum atomic E-state index is -0.233. The average Bonchev–Trinajstić information content (AvgIpc) is 3.26. The minimum Gasteiger partial charge on any atom is -0.371 e. The number of hydrogen-bond donors (Lipinski definition) is 1. The number of benzene rings is 3. The molecule has 0 spiro atoms. The van der Waals surface area contributed by atoms with Gasteiger partial charge in [-0.1, -0.05) is 97.0 Å². The molecule has 0 aromatic heterocycles. The molecule has 1 saturated carbocycles. The van der Waals surface area contributed by atoms with Gasteiger partial charge in [-0.25, -0.2) is 0 Å². The lowest BCUT2D eigenvalue weighted by Gasteiger charge is -2.32. The lowest BCUT2D eigenvalue weighted by Crippen LogP contribution is -2.49. The number of rotatable bonds is 7. The summed E-state index contributed by atoms with van der Waals surface area (Å²) < 4.78 is 6.28. The number of carbonyl (C=O) groups is 1. The van der Waals surface area contributed by atoms with E-state index < -0.39 is 0 Å². The first kappa shape index (κ1) is 27.0. The summed E-state index contributed by atoms with van der Waals surface area (Å²) in [5.74, 6) is -0.376. The highest BCUT2D eigenvalue weighted by Gasteiger charge is 2.41.